The van der Waals surface area contributed by atoms with Gasteiger partial charge in [-0.15, -0.1) is 11.3 Å². The Morgan fingerprint density at radius 3 is 2.72 bits per heavy atom. The van der Waals surface area contributed by atoms with Crippen LogP contribution in [0.15, 0.2) is 53.4 Å². The van der Waals surface area contributed by atoms with Crippen molar-refractivity contribution in [2.75, 3.05) is 4.90 Å². The number of hydrogen-bond acceptors (Lipinski definition) is 4. The first-order valence-electron chi connectivity index (χ1n) is 8.98. The minimum Gasteiger partial charge on any atom is -0.289 e. The number of thiazole rings is 1. The number of Topliss-reactive ketones (excluding diaryl/α,β-unsaturated/α-hetero) is 1. The lowest BCUT2D eigenvalue weighted by Crippen LogP contribution is -2.23. The van der Waals surface area contributed by atoms with Crippen molar-refractivity contribution < 1.29 is 18.4 Å². The second-order valence-electron chi connectivity index (χ2n) is 6.66. The van der Waals surface area contributed by atoms with Crippen LogP contribution in [0, 0.1) is 11.6 Å². The molecule has 4 nitrogen and oxygen atoms in total. The van der Waals surface area contributed by atoms with Gasteiger partial charge >= 0.3 is 0 Å². The molecule has 0 radical (unpaired) electrons. The highest BCUT2D eigenvalue weighted by molar-refractivity contribution is 7.14. The summed E-state index contributed by atoms with van der Waals surface area (Å²) in [7, 11) is 0. The summed E-state index contributed by atoms with van der Waals surface area (Å²) in [5.74, 6) is -2.06. The average Bonchev–Trinajstić information content (AvgIpc) is 3.14. The first-order valence-corrected chi connectivity index (χ1v) is 9.86. The summed E-state index contributed by atoms with van der Waals surface area (Å²) in [5.41, 5.74) is 2.81. The molecular weight excluding hydrogens is 394 g/mol. The number of ketones is 1. The second-order valence-corrected chi connectivity index (χ2v) is 7.50. The summed E-state index contributed by atoms with van der Waals surface area (Å²) < 4.78 is 27.4. The van der Waals surface area contributed by atoms with E-state index in [1.165, 1.54) is 13.0 Å². The number of hydrogen-bond donors (Lipinski definition) is 0. The molecule has 1 amide bonds. The van der Waals surface area contributed by atoms with Gasteiger partial charge in [-0.3, -0.25) is 14.5 Å². The van der Waals surface area contributed by atoms with Gasteiger partial charge < -0.3 is 0 Å². The molecule has 0 spiro atoms. The van der Waals surface area contributed by atoms with Gasteiger partial charge in [0.2, 0.25) is 5.91 Å². The first kappa shape index (κ1) is 19.1. The van der Waals surface area contributed by atoms with E-state index >= 15 is 0 Å². The summed E-state index contributed by atoms with van der Waals surface area (Å²) in [6.45, 7) is 1.28. The van der Waals surface area contributed by atoms with Gasteiger partial charge in [0.25, 0.3) is 0 Å². The molecule has 0 aliphatic heterocycles. The summed E-state index contributed by atoms with van der Waals surface area (Å²) >= 11 is 1.15. The molecule has 1 heterocycles. The van der Waals surface area contributed by atoms with E-state index in [0.29, 0.717) is 23.3 Å². The van der Waals surface area contributed by atoms with Crippen LogP contribution in [0.5, 0.6) is 0 Å². The Labute approximate surface area is 170 Å². The Morgan fingerprint density at radius 2 is 1.97 bits per heavy atom. The molecule has 29 heavy (non-hydrogen) atoms. The van der Waals surface area contributed by atoms with Gasteiger partial charge in [-0.05, 0) is 36.6 Å². The largest absolute Gasteiger partial charge is 0.289 e. The van der Waals surface area contributed by atoms with E-state index in [4.69, 9.17) is 0 Å². The maximum Gasteiger partial charge on any atom is 0.230 e. The summed E-state index contributed by atoms with van der Waals surface area (Å²) in [4.78, 5) is 30.3. The van der Waals surface area contributed by atoms with Crippen molar-refractivity contribution in [2.24, 2.45) is 0 Å². The van der Waals surface area contributed by atoms with Gasteiger partial charge in [-0.25, -0.2) is 13.8 Å². The van der Waals surface area contributed by atoms with Crippen molar-refractivity contribution in [3.63, 3.8) is 0 Å². The zero-order valence-corrected chi connectivity index (χ0v) is 16.3. The predicted octanol–water partition coefficient (Wildman–Crippen LogP) is 5.32. The molecule has 1 aliphatic rings. The molecular formula is C22H16F2N2O2S. The number of allylic oxidation sites excluding steroid dienone is 1. The Kier molecular flexibility index (Phi) is 5.07. The van der Waals surface area contributed by atoms with Crippen molar-refractivity contribution >= 4 is 39.9 Å². The molecule has 1 aliphatic carbocycles. The minimum atomic E-state index is -0.852. The molecule has 4 rings (SSSR count). The van der Waals surface area contributed by atoms with Crippen LogP contribution in [0.2, 0.25) is 0 Å². The van der Waals surface area contributed by atoms with Crippen LogP contribution < -0.4 is 4.90 Å². The fourth-order valence-corrected chi connectivity index (χ4v) is 4.18. The molecule has 0 saturated carbocycles. The predicted molar refractivity (Wildman–Crippen MR) is 108 cm³/mol. The van der Waals surface area contributed by atoms with Crippen molar-refractivity contribution in [3.05, 3.63) is 81.9 Å². The fourth-order valence-electron chi connectivity index (χ4n) is 3.35. The normalized spacial score (nSPS) is 14.7. The second kappa shape index (κ2) is 7.67. The fraction of sp³-hybridized carbons (Fsp3) is 0.136. The van der Waals surface area contributed by atoms with E-state index in [-0.39, 0.29) is 16.6 Å². The van der Waals surface area contributed by atoms with Crippen LogP contribution in [0.4, 0.5) is 19.6 Å². The third-order valence-electron chi connectivity index (χ3n) is 4.71. The summed E-state index contributed by atoms with van der Waals surface area (Å²) in [6, 6.07) is 10.5. The zero-order valence-electron chi connectivity index (χ0n) is 15.5. The van der Waals surface area contributed by atoms with E-state index < -0.39 is 17.5 Å². The molecule has 0 unspecified atom stereocenters. The summed E-state index contributed by atoms with van der Waals surface area (Å²) in [5, 5.41) is 1.95. The van der Waals surface area contributed by atoms with Gasteiger partial charge in [-0.2, -0.15) is 0 Å². The topological polar surface area (TPSA) is 50.3 Å². The minimum absolute atomic E-state index is 0.0330. The van der Waals surface area contributed by atoms with E-state index in [1.807, 2.05) is 24.3 Å². The van der Waals surface area contributed by atoms with Crippen molar-refractivity contribution in [1.82, 2.24) is 4.98 Å². The van der Waals surface area contributed by atoms with E-state index in [9.17, 15) is 18.4 Å². The van der Waals surface area contributed by atoms with E-state index in [2.05, 4.69) is 4.98 Å². The van der Waals surface area contributed by atoms with Crippen molar-refractivity contribution in [2.45, 2.75) is 19.8 Å². The maximum absolute atomic E-state index is 14.2. The van der Waals surface area contributed by atoms with Gasteiger partial charge in [0.1, 0.15) is 11.6 Å². The van der Waals surface area contributed by atoms with E-state index in [1.54, 1.807) is 11.5 Å². The standard InChI is InChI=1S/C22H16F2N2O2S/c1-13(27)26(20-9-8-16(23)11-19(20)24)22-25-17(12-29-22)10-15-7-6-14-4-2-3-5-18(14)21(15)28/h2-5,8-12H,6-7H2,1H3. The number of halogens is 2. The number of nitrogens with zero attached hydrogens (tertiary/aromatic N) is 2. The SMILES string of the molecule is CC(=O)N(c1nc(C=C2CCc3ccccc3C2=O)cs1)c1ccc(F)cc1F. The van der Waals surface area contributed by atoms with Crippen LogP contribution in [0.25, 0.3) is 6.08 Å². The Hall–Kier alpha value is -3.19. The number of rotatable bonds is 3. The van der Waals surface area contributed by atoms with Crippen LogP contribution in [-0.4, -0.2) is 16.7 Å². The third-order valence-corrected chi connectivity index (χ3v) is 5.55. The highest BCUT2D eigenvalue weighted by atomic mass is 32.1. The number of anilines is 2. The first-order chi connectivity index (χ1) is 13.9. The monoisotopic (exact) mass is 410 g/mol. The number of carbonyl (C=O) groups is 2. The van der Waals surface area contributed by atoms with Gasteiger partial charge in [-0.1, -0.05) is 24.3 Å². The summed E-state index contributed by atoms with van der Waals surface area (Å²) in [6.07, 6.45) is 3.08. The number of aryl methyl sites for hydroxylation is 1. The maximum atomic E-state index is 14.2. The highest BCUT2D eigenvalue weighted by Crippen LogP contribution is 2.33. The van der Waals surface area contributed by atoms with Crippen LogP contribution in [-0.2, 0) is 11.2 Å². The number of aromatic nitrogens is 1. The molecule has 0 fully saturated rings. The number of amides is 1. The Morgan fingerprint density at radius 1 is 1.17 bits per heavy atom. The highest BCUT2D eigenvalue weighted by Gasteiger charge is 2.23. The van der Waals surface area contributed by atoms with Crippen molar-refractivity contribution in [3.8, 4) is 0 Å². The molecule has 2 aromatic carbocycles. The van der Waals surface area contributed by atoms with E-state index in [0.717, 1.165) is 40.4 Å². The molecule has 3 aromatic rings. The number of benzene rings is 2. The molecule has 7 heteroatoms. The van der Waals surface area contributed by atoms with Crippen LogP contribution >= 0.6 is 11.3 Å². The lowest BCUT2D eigenvalue weighted by atomic mass is 9.86. The molecule has 1 aromatic heterocycles. The third kappa shape index (κ3) is 3.73. The quantitative estimate of drug-likeness (QED) is 0.549. The van der Waals surface area contributed by atoms with Gasteiger partial charge in [0.05, 0.1) is 11.4 Å². The molecule has 0 bridgehead atoms. The Balaban J connectivity index is 1.66. The van der Waals surface area contributed by atoms with Gasteiger partial charge in [0.15, 0.2) is 10.9 Å². The van der Waals surface area contributed by atoms with Crippen LogP contribution in [0.3, 0.4) is 0 Å². The van der Waals surface area contributed by atoms with Gasteiger partial charge in [0, 0.05) is 29.5 Å². The lowest BCUT2D eigenvalue weighted by molar-refractivity contribution is -0.115. The average molecular weight is 410 g/mol. The smallest absolute Gasteiger partial charge is 0.230 e. The van der Waals surface area contributed by atoms with Crippen LogP contribution in [0.1, 0.15) is 35.0 Å². The Bertz CT molecular complexity index is 1150. The number of carbonyl (C=O) groups excluding carboxylic acids is 2. The molecule has 0 saturated heterocycles. The van der Waals surface area contributed by atoms with Crippen molar-refractivity contribution in [1.29, 1.82) is 0 Å². The molecule has 146 valence electrons. The lowest BCUT2D eigenvalue weighted by Gasteiger charge is -2.18. The molecule has 0 atom stereocenters. The zero-order chi connectivity index (χ0) is 20.5. The molecule has 0 N–H and O–H groups in total. The number of fused-ring (bicyclic) bond motifs is 1.